The maximum atomic E-state index is 12.2. The first kappa shape index (κ1) is 18.7. The van der Waals surface area contributed by atoms with Crippen LogP contribution >= 0.6 is 0 Å². The van der Waals surface area contributed by atoms with Crippen molar-refractivity contribution in [2.45, 2.75) is 59.2 Å². The van der Waals surface area contributed by atoms with Crippen LogP contribution < -0.4 is 11.1 Å². The zero-order chi connectivity index (χ0) is 16.6. The molecule has 0 bridgehead atoms. The summed E-state index contributed by atoms with van der Waals surface area (Å²) in [4.78, 5) is 14.6. The Bertz CT molecular complexity index is 467. The number of amides is 1. The van der Waals surface area contributed by atoms with Gasteiger partial charge in [0.2, 0.25) is 5.91 Å². The third-order valence-electron chi connectivity index (χ3n) is 4.13. The van der Waals surface area contributed by atoms with Crippen LogP contribution in [0.2, 0.25) is 0 Å². The lowest BCUT2D eigenvalue weighted by molar-refractivity contribution is -0.126. The van der Waals surface area contributed by atoms with Crippen molar-refractivity contribution in [1.82, 2.24) is 10.2 Å². The zero-order valence-electron chi connectivity index (χ0n) is 14.5. The van der Waals surface area contributed by atoms with Gasteiger partial charge in [0, 0.05) is 13.1 Å². The summed E-state index contributed by atoms with van der Waals surface area (Å²) in [6.45, 7) is 11.7. The fraction of sp³-hybridized carbons (Fsp3) is 0.611. The molecule has 0 heterocycles. The van der Waals surface area contributed by atoms with Crippen LogP contribution in [0, 0.1) is 0 Å². The number of hydrogen-bond donors (Lipinski definition) is 2. The maximum Gasteiger partial charge on any atom is 0.240 e. The normalized spacial score (nSPS) is 13.9. The van der Waals surface area contributed by atoms with Crippen molar-refractivity contribution in [2.24, 2.45) is 5.73 Å². The van der Waals surface area contributed by atoms with E-state index in [0.29, 0.717) is 13.0 Å². The van der Waals surface area contributed by atoms with E-state index in [0.717, 1.165) is 31.6 Å². The topological polar surface area (TPSA) is 58.4 Å². The smallest absolute Gasteiger partial charge is 0.240 e. The molecule has 1 aromatic carbocycles. The molecule has 124 valence electrons. The molecule has 22 heavy (non-hydrogen) atoms. The lowest BCUT2D eigenvalue weighted by Gasteiger charge is -2.24. The van der Waals surface area contributed by atoms with Gasteiger partial charge in [-0.25, -0.2) is 0 Å². The van der Waals surface area contributed by atoms with Crippen molar-refractivity contribution in [3.63, 3.8) is 0 Å². The Morgan fingerprint density at radius 3 is 2.32 bits per heavy atom. The molecule has 1 rings (SSSR count). The van der Waals surface area contributed by atoms with Crippen LogP contribution in [0.25, 0.3) is 0 Å². The van der Waals surface area contributed by atoms with E-state index in [9.17, 15) is 4.79 Å². The second kappa shape index (κ2) is 8.91. The fourth-order valence-electron chi connectivity index (χ4n) is 2.58. The molecule has 4 nitrogen and oxygen atoms in total. The number of nitrogens with two attached hydrogens (primary N) is 1. The molecule has 1 unspecified atom stereocenters. The van der Waals surface area contributed by atoms with Crippen molar-refractivity contribution in [3.8, 4) is 0 Å². The number of rotatable bonds is 9. The van der Waals surface area contributed by atoms with Gasteiger partial charge in [-0.3, -0.25) is 9.69 Å². The average molecular weight is 305 g/mol. The highest BCUT2D eigenvalue weighted by Crippen LogP contribution is 2.13. The first-order chi connectivity index (χ1) is 10.4. The molecule has 0 aliphatic heterocycles. The summed E-state index contributed by atoms with van der Waals surface area (Å²) < 4.78 is 0. The molecule has 0 aliphatic carbocycles. The van der Waals surface area contributed by atoms with Crippen molar-refractivity contribution < 1.29 is 4.79 Å². The molecule has 0 radical (unpaired) electrons. The monoisotopic (exact) mass is 305 g/mol. The number of nitrogens with zero attached hydrogens (tertiary/aromatic N) is 1. The number of benzene rings is 1. The summed E-state index contributed by atoms with van der Waals surface area (Å²) in [6, 6.07) is 8.27. The minimum atomic E-state index is -0.789. The average Bonchev–Trinajstić information content (AvgIpc) is 2.51. The maximum absolute atomic E-state index is 12.2. The molecule has 0 fully saturated rings. The van der Waals surface area contributed by atoms with Gasteiger partial charge in [-0.1, -0.05) is 51.5 Å². The highest BCUT2D eigenvalue weighted by molar-refractivity contribution is 5.85. The van der Waals surface area contributed by atoms with Gasteiger partial charge in [0.15, 0.2) is 0 Å². The molecule has 1 amide bonds. The fourth-order valence-corrected chi connectivity index (χ4v) is 2.58. The van der Waals surface area contributed by atoms with Crippen molar-refractivity contribution in [2.75, 3.05) is 13.1 Å². The molecule has 0 aliphatic rings. The third kappa shape index (κ3) is 5.43. The van der Waals surface area contributed by atoms with Gasteiger partial charge in [0.25, 0.3) is 0 Å². The quantitative estimate of drug-likeness (QED) is 0.737. The predicted octanol–water partition coefficient (Wildman–Crippen LogP) is 2.66. The van der Waals surface area contributed by atoms with Gasteiger partial charge in [-0.15, -0.1) is 0 Å². The van der Waals surface area contributed by atoms with Gasteiger partial charge in [0.1, 0.15) is 0 Å². The summed E-state index contributed by atoms with van der Waals surface area (Å²) in [5, 5.41) is 2.99. The number of carbonyl (C=O) groups is 1. The van der Waals surface area contributed by atoms with Crippen LogP contribution in [0.1, 0.15) is 51.7 Å². The zero-order valence-corrected chi connectivity index (χ0v) is 14.5. The van der Waals surface area contributed by atoms with E-state index in [1.54, 1.807) is 6.92 Å². The molecule has 1 atom stereocenters. The van der Waals surface area contributed by atoms with Gasteiger partial charge < -0.3 is 11.1 Å². The molecular weight excluding hydrogens is 274 g/mol. The summed E-state index contributed by atoms with van der Waals surface area (Å²) in [5.74, 6) is -0.0769. The molecule has 0 spiro atoms. The van der Waals surface area contributed by atoms with Crippen LogP contribution in [-0.2, 0) is 17.9 Å². The molecule has 1 aromatic rings. The Kier molecular flexibility index (Phi) is 7.56. The Balaban J connectivity index is 2.72. The van der Waals surface area contributed by atoms with Crippen LogP contribution in [0.15, 0.2) is 24.3 Å². The van der Waals surface area contributed by atoms with E-state index in [2.05, 4.69) is 36.2 Å². The molecule has 3 N–H and O–H groups in total. The molecule has 0 aromatic heterocycles. The SMILES string of the molecule is CCCC(C)(N)C(=O)NCc1ccccc1CN(CC)CC. The van der Waals surface area contributed by atoms with E-state index in [-0.39, 0.29) is 5.91 Å². The molecule has 0 saturated heterocycles. The van der Waals surface area contributed by atoms with Crippen LogP contribution in [0.5, 0.6) is 0 Å². The predicted molar refractivity (Wildman–Crippen MR) is 92.4 cm³/mol. The lowest BCUT2D eigenvalue weighted by Crippen LogP contribution is -2.51. The molecular formula is C18H31N3O. The van der Waals surface area contributed by atoms with Crippen LogP contribution in [0.3, 0.4) is 0 Å². The lowest BCUT2D eigenvalue weighted by atomic mass is 9.96. The largest absolute Gasteiger partial charge is 0.350 e. The van der Waals surface area contributed by atoms with Gasteiger partial charge in [-0.05, 0) is 37.6 Å². The summed E-state index contributed by atoms with van der Waals surface area (Å²) in [7, 11) is 0. The van der Waals surface area contributed by atoms with E-state index < -0.39 is 5.54 Å². The van der Waals surface area contributed by atoms with Gasteiger partial charge >= 0.3 is 0 Å². The number of nitrogens with one attached hydrogen (secondary N) is 1. The Hall–Kier alpha value is -1.39. The van der Waals surface area contributed by atoms with Crippen molar-refractivity contribution in [3.05, 3.63) is 35.4 Å². The van der Waals surface area contributed by atoms with Gasteiger partial charge in [-0.2, -0.15) is 0 Å². The Morgan fingerprint density at radius 1 is 1.18 bits per heavy atom. The standard InChI is InChI=1S/C18H31N3O/c1-5-12-18(4,19)17(22)20-13-15-10-8-9-11-16(15)14-21(6-2)7-3/h8-11H,5-7,12-14,19H2,1-4H3,(H,20,22). The van der Waals surface area contributed by atoms with Crippen molar-refractivity contribution >= 4 is 5.91 Å². The molecule has 0 saturated carbocycles. The minimum absolute atomic E-state index is 0.0769. The second-order valence-corrected chi connectivity index (χ2v) is 6.08. The number of hydrogen-bond acceptors (Lipinski definition) is 3. The van der Waals surface area contributed by atoms with E-state index in [4.69, 9.17) is 5.73 Å². The van der Waals surface area contributed by atoms with E-state index >= 15 is 0 Å². The van der Waals surface area contributed by atoms with E-state index in [1.807, 2.05) is 19.1 Å². The van der Waals surface area contributed by atoms with Crippen LogP contribution in [-0.4, -0.2) is 29.4 Å². The Morgan fingerprint density at radius 2 is 1.77 bits per heavy atom. The summed E-state index contributed by atoms with van der Waals surface area (Å²) >= 11 is 0. The molecule has 4 heteroatoms. The highest BCUT2D eigenvalue weighted by atomic mass is 16.2. The summed E-state index contributed by atoms with van der Waals surface area (Å²) in [6.07, 6.45) is 1.60. The van der Waals surface area contributed by atoms with E-state index in [1.165, 1.54) is 5.56 Å². The highest BCUT2D eigenvalue weighted by Gasteiger charge is 2.26. The number of carbonyl (C=O) groups excluding carboxylic acids is 1. The first-order valence-electron chi connectivity index (χ1n) is 8.30. The Labute approximate surface area is 135 Å². The minimum Gasteiger partial charge on any atom is -0.350 e. The first-order valence-corrected chi connectivity index (χ1v) is 8.30. The summed E-state index contributed by atoms with van der Waals surface area (Å²) in [5.41, 5.74) is 7.71. The third-order valence-corrected chi connectivity index (χ3v) is 4.13. The van der Waals surface area contributed by atoms with Crippen LogP contribution in [0.4, 0.5) is 0 Å². The second-order valence-electron chi connectivity index (χ2n) is 6.08. The van der Waals surface area contributed by atoms with Gasteiger partial charge in [0.05, 0.1) is 5.54 Å². The van der Waals surface area contributed by atoms with Crippen molar-refractivity contribution in [1.29, 1.82) is 0 Å².